The number of halogens is 1. The van der Waals surface area contributed by atoms with E-state index in [0.717, 1.165) is 25.1 Å². The third kappa shape index (κ3) is 4.80. The summed E-state index contributed by atoms with van der Waals surface area (Å²) in [5.41, 5.74) is 2.21. The highest BCUT2D eigenvalue weighted by atomic mass is 35.5. The molecular formula is C23H28ClN3O2. The summed E-state index contributed by atoms with van der Waals surface area (Å²) in [5.74, 6) is -0.105. The summed E-state index contributed by atoms with van der Waals surface area (Å²) in [7, 11) is 0. The van der Waals surface area contributed by atoms with Crippen LogP contribution in [-0.2, 0) is 4.79 Å². The highest BCUT2D eigenvalue weighted by molar-refractivity contribution is 6.31. The van der Waals surface area contributed by atoms with Crippen LogP contribution in [0, 0.1) is 0 Å². The molecule has 3 rings (SSSR count). The summed E-state index contributed by atoms with van der Waals surface area (Å²) in [6.07, 6.45) is 1.36. The molecule has 29 heavy (non-hydrogen) atoms. The lowest BCUT2D eigenvalue weighted by Crippen LogP contribution is -2.38. The number of hydrogen-bond acceptors (Lipinski definition) is 3. The summed E-state index contributed by atoms with van der Waals surface area (Å²) in [4.78, 5) is 29.2. The number of para-hydroxylation sites is 1. The minimum absolute atomic E-state index is 0.0248. The van der Waals surface area contributed by atoms with E-state index in [1.54, 1.807) is 11.0 Å². The van der Waals surface area contributed by atoms with Crippen LogP contribution < -0.4 is 10.2 Å². The van der Waals surface area contributed by atoms with Crippen molar-refractivity contribution in [2.45, 2.75) is 32.7 Å². The molecule has 1 N–H and O–H groups in total. The zero-order valence-electron chi connectivity index (χ0n) is 17.0. The van der Waals surface area contributed by atoms with Gasteiger partial charge in [0.2, 0.25) is 5.91 Å². The molecule has 2 aromatic rings. The maximum absolute atomic E-state index is 13.0. The first kappa shape index (κ1) is 21.3. The molecule has 0 aromatic heterocycles. The third-order valence-electron chi connectivity index (χ3n) is 5.49. The Kier molecular flexibility index (Phi) is 7.29. The highest BCUT2D eigenvalue weighted by Crippen LogP contribution is 2.28. The number of nitrogens with one attached hydrogen (secondary N) is 1. The van der Waals surface area contributed by atoms with Gasteiger partial charge in [0.1, 0.15) is 0 Å². The zero-order chi connectivity index (χ0) is 20.8. The van der Waals surface area contributed by atoms with Gasteiger partial charge in [0.25, 0.3) is 5.91 Å². The number of nitrogens with zero attached hydrogens (tertiary/aromatic N) is 2. The second kappa shape index (κ2) is 9.90. The highest BCUT2D eigenvalue weighted by Gasteiger charge is 2.26. The predicted octanol–water partition coefficient (Wildman–Crippen LogP) is 4.28. The largest absolute Gasteiger partial charge is 0.350 e. The van der Waals surface area contributed by atoms with Gasteiger partial charge < -0.3 is 10.2 Å². The van der Waals surface area contributed by atoms with Crippen LogP contribution >= 0.6 is 11.6 Å². The van der Waals surface area contributed by atoms with Gasteiger partial charge in [-0.3, -0.25) is 14.5 Å². The van der Waals surface area contributed by atoms with Crippen LogP contribution in [0.5, 0.6) is 0 Å². The van der Waals surface area contributed by atoms with Gasteiger partial charge in [0.15, 0.2) is 0 Å². The van der Waals surface area contributed by atoms with Gasteiger partial charge >= 0.3 is 0 Å². The first-order valence-corrected chi connectivity index (χ1v) is 10.6. The minimum Gasteiger partial charge on any atom is -0.350 e. The van der Waals surface area contributed by atoms with Crippen LogP contribution in [0.15, 0.2) is 48.5 Å². The maximum Gasteiger partial charge on any atom is 0.253 e. The normalized spacial score (nSPS) is 15.0. The lowest BCUT2D eigenvalue weighted by Gasteiger charge is -2.31. The number of likely N-dealkylation sites (N-methyl/N-ethyl adjacent to an activating group) is 1. The summed E-state index contributed by atoms with van der Waals surface area (Å²) in [5, 5.41) is 3.77. The standard InChI is InChI=1S/C23H28ClN3O2/c1-3-26(4-2)21(17-10-5-7-12-19(17)24)16-25-23(29)18-11-6-8-13-20(18)27-15-9-14-22(27)28/h5-8,10-13,21H,3-4,9,14-16H2,1-2H3,(H,25,29). The van der Waals surface area contributed by atoms with E-state index in [2.05, 4.69) is 24.1 Å². The third-order valence-corrected chi connectivity index (χ3v) is 5.83. The molecule has 6 heteroatoms. The molecule has 0 aliphatic carbocycles. The van der Waals surface area contributed by atoms with E-state index in [4.69, 9.17) is 11.6 Å². The number of anilines is 1. The van der Waals surface area contributed by atoms with Crippen LogP contribution in [0.2, 0.25) is 5.02 Å². The molecule has 154 valence electrons. The van der Waals surface area contributed by atoms with Crippen LogP contribution in [0.3, 0.4) is 0 Å². The summed E-state index contributed by atoms with van der Waals surface area (Å²) >= 11 is 6.45. The molecular weight excluding hydrogens is 386 g/mol. The SMILES string of the molecule is CCN(CC)C(CNC(=O)c1ccccc1N1CCCC1=O)c1ccccc1Cl. The van der Waals surface area contributed by atoms with E-state index in [1.165, 1.54) is 0 Å². The molecule has 1 atom stereocenters. The molecule has 0 bridgehead atoms. The van der Waals surface area contributed by atoms with Gasteiger partial charge in [-0.15, -0.1) is 0 Å². The van der Waals surface area contributed by atoms with Crippen LogP contribution in [0.4, 0.5) is 5.69 Å². The van der Waals surface area contributed by atoms with Gasteiger partial charge in [0, 0.05) is 24.5 Å². The number of rotatable bonds is 8. The molecule has 2 aromatic carbocycles. The average Bonchev–Trinajstić information content (AvgIpc) is 3.17. The van der Waals surface area contributed by atoms with Crippen molar-refractivity contribution < 1.29 is 9.59 Å². The first-order valence-electron chi connectivity index (χ1n) is 10.2. The lowest BCUT2D eigenvalue weighted by atomic mass is 10.0. The fraction of sp³-hybridized carbons (Fsp3) is 0.391. The quantitative estimate of drug-likeness (QED) is 0.702. The Hall–Kier alpha value is -2.37. The fourth-order valence-corrected chi connectivity index (χ4v) is 4.20. The van der Waals surface area contributed by atoms with Gasteiger partial charge in [-0.2, -0.15) is 0 Å². The van der Waals surface area contributed by atoms with E-state index >= 15 is 0 Å². The Morgan fingerprint density at radius 2 is 1.83 bits per heavy atom. The van der Waals surface area contributed by atoms with Crippen molar-refractivity contribution in [3.8, 4) is 0 Å². The van der Waals surface area contributed by atoms with Crippen molar-refractivity contribution in [2.75, 3.05) is 31.1 Å². The fourth-order valence-electron chi connectivity index (χ4n) is 3.93. The van der Waals surface area contributed by atoms with E-state index in [9.17, 15) is 9.59 Å². The molecule has 0 saturated carbocycles. The molecule has 0 spiro atoms. The van der Waals surface area contributed by atoms with Gasteiger partial charge in [0.05, 0.1) is 17.3 Å². The molecule has 1 saturated heterocycles. The molecule has 0 radical (unpaired) electrons. The van der Waals surface area contributed by atoms with Gasteiger partial charge in [-0.1, -0.05) is 55.8 Å². The smallest absolute Gasteiger partial charge is 0.253 e. The van der Waals surface area contributed by atoms with E-state index in [1.807, 2.05) is 42.5 Å². The number of benzene rings is 2. The molecule has 1 aliphatic heterocycles. The monoisotopic (exact) mass is 413 g/mol. The topological polar surface area (TPSA) is 52.7 Å². The summed E-state index contributed by atoms with van der Waals surface area (Å²) in [6, 6.07) is 15.0. The maximum atomic E-state index is 13.0. The van der Waals surface area contributed by atoms with Gasteiger partial charge in [-0.05, 0) is 43.3 Å². The number of carbonyl (C=O) groups excluding carboxylic acids is 2. The Bertz CT molecular complexity index is 867. The second-order valence-corrected chi connectivity index (χ2v) is 7.54. The molecule has 5 nitrogen and oxygen atoms in total. The van der Waals surface area contributed by atoms with Crippen molar-refractivity contribution in [1.29, 1.82) is 0 Å². The Morgan fingerprint density at radius 3 is 2.48 bits per heavy atom. The minimum atomic E-state index is -0.176. The average molecular weight is 414 g/mol. The molecule has 2 amide bonds. The van der Waals surface area contributed by atoms with Crippen LogP contribution in [0.25, 0.3) is 0 Å². The van der Waals surface area contributed by atoms with Crippen molar-refractivity contribution in [3.63, 3.8) is 0 Å². The Balaban J connectivity index is 1.81. The molecule has 1 unspecified atom stereocenters. The van der Waals surface area contributed by atoms with E-state index in [-0.39, 0.29) is 17.9 Å². The van der Waals surface area contributed by atoms with Crippen LogP contribution in [-0.4, -0.2) is 42.9 Å². The summed E-state index contributed by atoms with van der Waals surface area (Å²) in [6.45, 7) is 6.99. The summed E-state index contributed by atoms with van der Waals surface area (Å²) < 4.78 is 0. The van der Waals surface area contributed by atoms with Crippen LogP contribution in [0.1, 0.15) is 48.7 Å². The van der Waals surface area contributed by atoms with Gasteiger partial charge in [-0.25, -0.2) is 0 Å². The molecule has 1 heterocycles. The molecule has 1 fully saturated rings. The lowest BCUT2D eigenvalue weighted by molar-refractivity contribution is -0.117. The van der Waals surface area contributed by atoms with Crippen molar-refractivity contribution in [1.82, 2.24) is 10.2 Å². The van der Waals surface area contributed by atoms with Crippen molar-refractivity contribution in [3.05, 3.63) is 64.7 Å². The Morgan fingerprint density at radius 1 is 1.14 bits per heavy atom. The predicted molar refractivity (Wildman–Crippen MR) is 117 cm³/mol. The second-order valence-electron chi connectivity index (χ2n) is 7.13. The first-order chi connectivity index (χ1) is 14.1. The van der Waals surface area contributed by atoms with Crippen molar-refractivity contribution >= 4 is 29.1 Å². The number of carbonyl (C=O) groups is 2. The zero-order valence-corrected chi connectivity index (χ0v) is 17.8. The van der Waals surface area contributed by atoms with E-state index < -0.39 is 0 Å². The van der Waals surface area contributed by atoms with Crippen molar-refractivity contribution in [2.24, 2.45) is 0 Å². The Labute approximate surface area is 177 Å². The number of amides is 2. The number of hydrogen-bond donors (Lipinski definition) is 1. The van der Waals surface area contributed by atoms with E-state index in [0.29, 0.717) is 35.8 Å². The molecule has 1 aliphatic rings.